The highest BCUT2D eigenvalue weighted by Crippen LogP contribution is 2.29. The van der Waals surface area contributed by atoms with Gasteiger partial charge in [-0.1, -0.05) is 51.0 Å². The van der Waals surface area contributed by atoms with E-state index in [1.54, 1.807) is 24.3 Å². The summed E-state index contributed by atoms with van der Waals surface area (Å²) in [6.45, 7) is 4.03. The maximum atomic E-state index is 12.5. The summed E-state index contributed by atoms with van der Waals surface area (Å²) in [5.41, 5.74) is 0.524. The molecule has 0 radical (unpaired) electrons. The second-order valence-electron chi connectivity index (χ2n) is 6.73. The molecule has 0 bridgehead atoms. The van der Waals surface area contributed by atoms with Crippen molar-refractivity contribution in [1.29, 1.82) is 0 Å². The van der Waals surface area contributed by atoms with E-state index in [1.807, 2.05) is 38.1 Å². The van der Waals surface area contributed by atoms with Crippen molar-refractivity contribution in [1.82, 2.24) is 5.32 Å². The Balaban J connectivity index is 2.13. The zero-order valence-electron chi connectivity index (χ0n) is 16.7. The van der Waals surface area contributed by atoms with Crippen LogP contribution in [0.2, 0.25) is 0 Å². The summed E-state index contributed by atoms with van der Waals surface area (Å²) >= 11 is 3.43. The number of amides is 1. The maximum Gasteiger partial charge on any atom is 0.352 e. The van der Waals surface area contributed by atoms with Gasteiger partial charge in [-0.15, -0.1) is 0 Å². The standard InChI is InChI=1S/C23H26BrNO4/c1-3-7-17(8-4-2)22(26)25-20(23(27)28)15-16-11-13-18(14-12-16)29-21-10-6-5-9-19(21)24/h5-6,9-15,17H,3-4,7-8H2,1-2H3,(H,25,26)(H,27,28). The largest absolute Gasteiger partial charge is 0.477 e. The molecule has 2 aromatic carbocycles. The number of hydrogen-bond donors (Lipinski definition) is 2. The van der Waals surface area contributed by atoms with E-state index in [0.717, 1.165) is 30.2 Å². The Morgan fingerprint density at radius 3 is 2.24 bits per heavy atom. The van der Waals surface area contributed by atoms with Crippen LogP contribution in [0.3, 0.4) is 0 Å². The molecule has 0 unspecified atom stereocenters. The summed E-state index contributed by atoms with van der Waals surface area (Å²) < 4.78 is 6.65. The molecule has 0 aliphatic carbocycles. The zero-order chi connectivity index (χ0) is 21.2. The average molecular weight is 460 g/mol. The van der Waals surface area contributed by atoms with E-state index >= 15 is 0 Å². The van der Waals surface area contributed by atoms with Crippen LogP contribution >= 0.6 is 15.9 Å². The SMILES string of the molecule is CCCC(CCC)C(=O)NC(=Cc1ccc(Oc2ccccc2Br)cc1)C(=O)O. The number of nitrogens with one attached hydrogen (secondary N) is 1. The van der Waals surface area contributed by atoms with Crippen LogP contribution in [0.15, 0.2) is 58.7 Å². The van der Waals surface area contributed by atoms with Crippen molar-refractivity contribution in [2.75, 3.05) is 0 Å². The van der Waals surface area contributed by atoms with Crippen LogP contribution in [0.4, 0.5) is 0 Å². The molecule has 29 heavy (non-hydrogen) atoms. The number of carboxylic acids is 1. The van der Waals surface area contributed by atoms with Crippen LogP contribution in [-0.4, -0.2) is 17.0 Å². The van der Waals surface area contributed by atoms with Gasteiger partial charge in [-0.25, -0.2) is 4.79 Å². The van der Waals surface area contributed by atoms with Crippen LogP contribution < -0.4 is 10.1 Å². The van der Waals surface area contributed by atoms with Gasteiger partial charge in [-0.05, 0) is 64.7 Å². The number of aliphatic carboxylic acids is 1. The number of rotatable bonds is 10. The van der Waals surface area contributed by atoms with Gasteiger partial charge in [0, 0.05) is 5.92 Å². The molecule has 1 amide bonds. The Labute approximate surface area is 179 Å². The number of carboxylic acid groups (broad SMARTS) is 1. The Kier molecular flexibility index (Phi) is 8.93. The van der Waals surface area contributed by atoms with E-state index in [2.05, 4.69) is 21.2 Å². The Morgan fingerprint density at radius 1 is 1.07 bits per heavy atom. The molecule has 0 aliphatic rings. The lowest BCUT2D eigenvalue weighted by Gasteiger charge is -2.15. The van der Waals surface area contributed by atoms with Crippen molar-refractivity contribution in [2.45, 2.75) is 39.5 Å². The normalized spacial score (nSPS) is 11.4. The van der Waals surface area contributed by atoms with Gasteiger partial charge in [0.1, 0.15) is 17.2 Å². The fourth-order valence-electron chi connectivity index (χ4n) is 2.94. The minimum Gasteiger partial charge on any atom is -0.477 e. The van der Waals surface area contributed by atoms with Crippen molar-refractivity contribution in [3.05, 3.63) is 64.3 Å². The van der Waals surface area contributed by atoms with Crippen LogP contribution in [-0.2, 0) is 9.59 Å². The second kappa shape index (κ2) is 11.4. The van der Waals surface area contributed by atoms with Gasteiger partial charge >= 0.3 is 5.97 Å². The molecule has 2 N–H and O–H groups in total. The number of carbonyl (C=O) groups is 2. The average Bonchev–Trinajstić information content (AvgIpc) is 2.70. The van der Waals surface area contributed by atoms with Crippen molar-refractivity contribution in [3.8, 4) is 11.5 Å². The van der Waals surface area contributed by atoms with Crippen LogP contribution in [0, 0.1) is 5.92 Å². The second-order valence-corrected chi connectivity index (χ2v) is 7.58. The first-order valence-corrected chi connectivity index (χ1v) is 10.5. The molecular weight excluding hydrogens is 434 g/mol. The molecule has 0 fully saturated rings. The molecule has 0 heterocycles. The zero-order valence-corrected chi connectivity index (χ0v) is 18.2. The monoisotopic (exact) mass is 459 g/mol. The number of halogens is 1. The third kappa shape index (κ3) is 7.06. The number of ether oxygens (including phenoxy) is 1. The summed E-state index contributed by atoms with van der Waals surface area (Å²) in [4.78, 5) is 24.1. The molecule has 2 rings (SSSR count). The van der Waals surface area contributed by atoms with Gasteiger partial charge < -0.3 is 15.2 Å². The van der Waals surface area contributed by atoms with Crippen molar-refractivity contribution in [2.24, 2.45) is 5.92 Å². The molecule has 0 saturated carbocycles. The topological polar surface area (TPSA) is 75.6 Å². The van der Waals surface area contributed by atoms with E-state index in [4.69, 9.17) is 4.74 Å². The molecule has 0 aromatic heterocycles. The molecule has 0 atom stereocenters. The molecule has 0 aliphatic heterocycles. The lowest BCUT2D eigenvalue weighted by Crippen LogP contribution is -2.33. The first-order chi connectivity index (χ1) is 13.9. The van der Waals surface area contributed by atoms with Gasteiger partial charge in [0.25, 0.3) is 0 Å². The minimum absolute atomic E-state index is 0.133. The highest BCUT2D eigenvalue weighted by atomic mass is 79.9. The lowest BCUT2D eigenvalue weighted by molar-refractivity contribution is -0.135. The highest BCUT2D eigenvalue weighted by Gasteiger charge is 2.20. The predicted molar refractivity (Wildman–Crippen MR) is 118 cm³/mol. The van der Waals surface area contributed by atoms with Gasteiger partial charge in [0.2, 0.25) is 5.91 Å². The Bertz CT molecular complexity index is 855. The highest BCUT2D eigenvalue weighted by molar-refractivity contribution is 9.10. The fourth-order valence-corrected chi connectivity index (χ4v) is 3.31. The number of benzene rings is 2. The van der Waals surface area contributed by atoms with Crippen LogP contribution in [0.5, 0.6) is 11.5 Å². The third-order valence-corrected chi connectivity index (χ3v) is 5.04. The molecular formula is C23H26BrNO4. The molecule has 0 spiro atoms. The molecule has 6 heteroatoms. The fraction of sp³-hybridized carbons (Fsp3) is 0.304. The van der Waals surface area contributed by atoms with Crippen molar-refractivity contribution in [3.63, 3.8) is 0 Å². The van der Waals surface area contributed by atoms with E-state index in [9.17, 15) is 14.7 Å². The number of hydrogen-bond acceptors (Lipinski definition) is 3. The van der Waals surface area contributed by atoms with Gasteiger partial charge in [0.05, 0.1) is 4.47 Å². The summed E-state index contributed by atoms with van der Waals surface area (Å²) in [5, 5.41) is 12.1. The van der Waals surface area contributed by atoms with Crippen molar-refractivity contribution >= 4 is 33.9 Å². The first kappa shape index (κ1) is 22.7. The minimum atomic E-state index is -1.17. The molecule has 0 saturated heterocycles. The van der Waals surface area contributed by atoms with Gasteiger partial charge in [0.15, 0.2) is 0 Å². The van der Waals surface area contributed by atoms with E-state index in [-0.39, 0.29) is 17.5 Å². The van der Waals surface area contributed by atoms with Gasteiger partial charge in [-0.3, -0.25) is 4.79 Å². The van der Waals surface area contributed by atoms with E-state index in [0.29, 0.717) is 17.1 Å². The summed E-state index contributed by atoms with van der Waals surface area (Å²) in [5.74, 6) is -0.268. The quantitative estimate of drug-likeness (QED) is 0.427. The molecule has 154 valence electrons. The first-order valence-electron chi connectivity index (χ1n) is 9.72. The van der Waals surface area contributed by atoms with Crippen LogP contribution in [0.1, 0.15) is 45.1 Å². The summed E-state index contributed by atoms with van der Waals surface area (Å²) in [7, 11) is 0. The Hall–Kier alpha value is -2.60. The predicted octanol–water partition coefficient (Wildman–Crippen LogP) is 6.00. The Morgan fingerprint density at radius 2 is 1.69 bits per heavy atom. The summed E-state index contributed by atoms with van der Waals surface area (Å²) in [6.07, 6.45) is 4.70. The smallest absolute Gasteiger partial charge is 0.352 e. The van der Waals surface area contributed by atoms with E-state index in [1.165, 1.54) is 6.08 Å². The summed E-state index contributed by atoms with van der Waals surface area (Å²) in [6, 6.07) is 14.5. The number of carbonyl (C=O) groups excluding carboxylic acids is 1. The molecule has 5 nitrogen and oxygen atoms in total. The lowest BCUT2D eigenvalue weighted by atomic mass is 9.97. The molecule has 2 aromatic rings. The number of para-hydroxylation sites is 1. The maximum absolute atomic E-state index is 12.5. The van der Waals surface area contributed by atoms with Gasteiger partial charge in [-0.2, -0.15) is 0 Å². The van der Waals surface area contributed by atoms with Crippen molar-refractivity contribution < 1.29 is 19.4 Å². The van der Waals surface area contributed by atoms with E-state index < -0.39 is 5.97 Å². The van der Waals surface area contributed by atoms with Crippen LogP contribution in [0.25, 0.3) is 6.08 Å². The third-order valence-electron chi connectivity index (χ3n) is 4.39.